The Hall–Kier alpha value is -1.59. The Morgan fingerprint density at radius 1 is 1.20 bits per heavy atom. The molecule has 3 aromatic rings. The predicted octanol–water partition coefficient (Wildman–Crippen LogP) is 4.73. The first-order chi connectivity index (χ1) is 9.52. The quantitative estimate of drug-likeness (QED) is 0.688. The number of nitrogen functional groups attached to an aromatic ring is 1. The number of nitrogens with one attached hydrogen (secondary N) is 1. The van der Waals surface area contributed by atoms with Gasteiger partial charge in [0, 0.05) is 9.75 Å². The van der Waals surface area contributed by atoms with Gasteiger partial charge in [-0.2, -0.15) is 0 Å². The van der Waals surface area contributed by atoms with Gasteiger partial charge in [-0.3, -0.25) is 0 Å². The molecule has 0 bridgehead atoms. The van der Waals surface area contributed by atoms with E-state index < -0.39 is 0 Å². The van der Waals surface area contributed by atoms with Crippen LogP contribution in [0, 0.1) is 13.8 Å². The summed E-state index contributed by atoms with van der Waals surface area (Å²) in [5.74, 6) is 0. The molecule has 20 heavy (non-hydrogen) atoms. The number of hydrogen-bond acceptors (Lipinski definition) is 5. The van der Waals surface area contributed by atoms with Crippen LogP contribution in [0.3, 0.4) is 0 Å². The molecule has 0 radical (unpaired) electrons. The number of anilines is 2. The van der Waals surface area contributed by atoms with Gasteiger partial charge in [-0.25, -0.2) is 4.98 Å². The summed E-state index contributed by atoms with van der Waals surface area (Å²) in [6.07, 6.45) is 0. The molecular weight excluding hydrogens is 286 g/mol. The van der Waals surface area contributed by atoms with Crippen LogP contribution in [0.4, 0.5) is 11.4 Å². The second-order valence-corrected chi connectivity index (χ2v) is 7.51. The van der Waals surface area contributed by atoms with E-state index in [-0.39, 0.29) is 6.04 Å². The zero-order chi connectivity index (χ0) is 14.3. The van der Waals surface area contributed by atoms with Crippen molar-refractivity contribution in [3.05, 3.63) is 39.0 Å². The fourth-order valence-corrected chi connectivity index (χ4v) is 3.96. The highest BCUT2D eigenvalue weighted by atomic mass is 32.1. The summed E-state index contributed by atoms with van der Waals surface area (Å²) in [6.45, 7) is 6.30. The smallest absolute Gasteiger partial charge is 0.0907 e. The second-order valence-electron chi connectivity index (χ2n) is 4.95. The lowest BCUT2D eigenvalue weighted by molar-refractivity contribution is 0.909. The van der Waals surface area contributed by atoms with Gasteiger partial charge in [0.25, 0.3) is 0 Å². The van der Waals surface area contributed by atoms with Crippen LogP contribution in [-0.4, -0.2) is 4.98 Å². The van der Waals surface area contributed by atoms with Crippen molar-refractivity contribution in [2.24, 2.45) is 0 Å². The maximum atomic E-state index is 6.15. The highest BCUT2D eigenvalue weighted by Crippen LogP contribution is 2.33. The van der Waals surface area contributed by atoms with Gasteiger partial charge in [0.2, 0.25) is 0 Å². The van der Waals surface area contributed by atoms with Crippen LogP contribution < -0.4 is 11.1 Å². The predicted molar refractivity (Wildman–Crippen MR) is 89.9 cm³/mol. The summed E-state index contributed by atoms with van der Waals surface area (Å²) in [7, 11) is 0. The standard InChI is InChI=1S/C15H17N3S2/c1-8-4-5-14(19-8)9(2)17-12-7-13-15(6-11(12)16)20-10(3)18-13/h4-7,9,17H,16H2,1-3H3. The van der Waals surface area contributed by atoms with Crippen molar-refractivity contribution in [2.45, 2.75) is 26.8 Å². The Morgan fingerprint density at radius 2 is 2.00 bits per heavy atom. The van der Waals surface area contributed by atoms with Gasteiger partial charge < -0.3 is 11.1 Å². The van der Waals surface area contributed by atoms with E-state index in [1.807, 2.05) is 30.4 Å². The van der Waals surface area contributed by atoms with Crippen LogP contribution >= 0.6 is 22.7 Å². The monoisotopic (exact) mass is 303 g/mol. The minimum Gasteiger partial charge on any atom is -0.397 e. The molecule has 0 saturated heterocycles. The molecule has 2 aromatic heterocycles. The summed E-state index contributed by atoms with van der Waals surface area (Å²) in [6, 6.07) is 8.61. The van der Waals surface area contributed by atoms with Gasteiger partial charge in [-0.05, 0) is 45.0 Å². The lowest BCUT2D eigenvalue weighted by Crippen LogP contribution is -2.06. The van der Waals surface area contributed by atoms with E-state index in [2.05, 4.69) is 36.3 Å². The van der Waals surface area contributed by atoms with E-state index in [1.54, 1.807) is 11.3 Å². The van der Waals surface area contributed by atoms with Crippen molar-refractivity contribution in [2.75, 3.05) is 11.1 Å². The minimum absolute atomic E-state index is 0.244. The molecule has 0 aliphatic carbocycles. The molecule has 3 N–H and O–H groups in total. The Labute approximate surface area is 126 Å². The van der Waals surface area contributed by atoms with Crippen LogP contribution in [0.25, 0.3) is 10.2 Å². The summed E-state index contributed by atoms with van der Waals surface area (Å²) < 4.78 is 1.14. The number of benzene rings is 1. The van der Waals surface area contributed by atoms with E-state index in [4.69, 9.17) is 5.73 Å². The molecule has 0 saturated carbocycles. The summed E-state index contributed by atoms with van der Waals surface area (Å²) in [5, 5.41) is 4.56. The summed E-state index contributed by atoms with van der Waals surface area (Å²) >= 11 is 3.49. The Morgan fingerprint density at radius 3 is 2.70 bits per heavy atom. The van der Waals surface area contributed by atoms with Crippen LogP contribution in [0.1, 0.15) is 27.7 Å². The van der Waals surface area contributed by atoms with Crippen molar-refractivity contribution < 1.29 is 0 Å². The maximum absolute atomic E-state index is 6.15. The molecule has 0 fully saturated rings. The number of aromatic nitrogens is 1. The molecule has 5 heteroatoms. The number of hydrogen-bond donors (Lipinski definition) is 2. The average Bonchev–Trinajstić information content (AvgIpc) is 2.95. The van der Waals surface area contributed by atoms with Gasteiger partial charge in [0.1, 0.15) is 0 Å². The molecule has 1 atom stereocenters. The molecule has 0 spiro atoms. The third kappa shape index (κ3) is 2.51. The lowest BCUT2D eigenvalue weighted by atomic mass is 10.2. The minimum atomic E-state index is 0.244. The Bertz CT molecular complexity index is 758. The number of nitrogens with two attached hydrogens (primary N) is 1. The highest BCUT2D eigenvalue weighted by Gasteiger charge is 2.11. The number of rotatable bonds is 3. The van der Waals surface area contributed by atoms with Crippen molar-refractivity contribution in [3.63, 3.8) is 0 Å². The molecule has 3 nitrogen and oxygen atoms in total. The van der Waals surface area contributed by atoms with Crippen LogP contribution in [0.2, 0.25) is 0 Å². The van der Waals surface area contributed by atoms with Crippen molar-refractivity contribution in [1.82, 2.24) is 4.98 Å². The molecule has 104 valence electrons. The van der Waals surface area contributed by atoms with E-state index in [0.717, 1.165) is 26.6 Å². The van der Waals surface area contributed by atoms with E-state index in [9.17, 15) is 0 Å². The van der Waals surface area contributed by atoms with Crippen molar-refractivity contribution in [3.8, 4) is 0 Å². The zero-order valence-electron chi connectivity index (χ0n) is 11.7. The fourth-order valence-electron chi connectivity index (χ4n) is 2.22. The normalized spacial score (nSPS) is 12.8. The van der Waals surface area contributed by atoms with Crippen molar-refractivity contribution >= 4 is 44.3 Å². The fraction of sp³-hybridized carbons (Fsp3) is 0.267. The van der Waals surface area contributed by atoms with E-state index in [1.165, 1.54) is 9.75 Å². The third-order valence-electron chi connectivity index (χ3n) is 3.23. The number of fused-ring (bicyclic) bond motifs is 1. The Kier molecular flexibility index (Phi) is 3.40. The third-order valence-corrected chi connectivity index (χ3v) is 5.34. The maximum Gasteiger partial charge on any atom is 0.0907 e. The van der Waals surface area contributed by atoms with Crippen LogP contribution in [0.15, 0.2) is 24.3 Å². The molecule has 3 rings (SSSR count). The van der Waals surface area contributed by atoms with E-state index in [0.29, 0.717) is 0 Å². The lowest BCUT2D eigenvalue weighted by Gasteiger charge is -2.15. The first kappa shape index (κ1) is 13.4. The largest absolute Gasteiger partial charge is 0.397 e. The van der Waals surface area contributed by atoms with Gasteiger partial charge in [0.15, 0.2) is 0 Å². The first-order valence-corrected chi connectivity index (χ1v) is 8.16. The average molecular weight is 303 g/mol. The zero-order valence-corrected chi connectivity index (χ0v) is 13.4. The molecule has 0 aliphatic heterocycles. The topological polar surface area (TPSA) is 50.9 Å². The van der Waals surface area contributed by atoms with Gasteiger partial charge in [-0.1, -0.05) is 0 Å². The number of nitrogens with zero attached hydrogens (tertiary/aromatic N) is 1. The van der Waals surface area contributed by atoms with Crippen molar-refractivity contribution in [1.29, 1.82) is 0 Å². The van der Waals surface area contributed by atoms with Crippen LogP contribution in [-0.2, 0) is 0 Å². The molecular formula is C15H17N3S2. The number of aryl methyl sites for hydroxylation is 2. The number of thiazole rings is 1. The molecule has 2 heterocycles. The molecule has 1 aromatic carbocycles. The SMILES string of the molecule is Cc1ccc(C(C)Nc2cc3nc(C)sc3cc2N)s1. The molecule has 0 amide bonds. The van der Waals surface area contributed by atoms with Crippen LogP contribution in [0.5, 0.6) is 0 Å². The Balaban J connectivity index is 1.91. The molecule has 0 aliphatic rings. The second kappa shape index (κ2) is 5.07. The molecule has 1 unspecified atom stereocenters. The van der Waals surface area contributed by atoms with Gasteiger partial charge in [-0.15, -0.1) is 22.7 Å². The number of thiophene rings is 1. The van der Waals surface area contributed by atoms with Gasteiger partial charge in [0.05, 0.1) is 32.6 Å². The summed E-state index contributed by atoms with van der Waals surface area (Å²) in [4.78, 5) is 7.17. The van der Waals surface area contributed by atoms with E-state index >= 15 is 0 Å². The summed E-state index contributed by atoms with van der Waals surface area (Å²) in [5.41, 5.74) is 8.90. The highest BCUT2D eigenvalue weighted by molar-refractivity contribution is 7.18. The van der Waals surface area contributed by atoms with Gasteiger partial charge >= 0.3 is 0 Å². The first-order valence-electron chi connectivity index (χ1n) is 6.52.